The number of rotatable bonds is 6. The Labute approximate surface area is 179 Å². The summed E-state index contributed by atoms with van der Waals surface area (Å²) < 4.78 is 5.40. The first-order valence-electron chi connectivity index (χ1n) is 9.60. The lowest BCUT2D eigenvalue weighted by molar-refractivity contribution is -0.137. The molecular weight excluding hydrogens is 396 g/mol. The molecule has 5 nitrogen and oxygen atoms in total. The molecular formula is C24H22N2O3S. The second-order valence-corrected chi connectivity index (χ2v) is 8.06. The van der Waals surface area contributed by atoms with Crippen molar-refractivity contribution in [3.63, 3.8) is 0 Å². The van der Waals surface area contributed by atoms with Gasteiger partial charge in [-0.15, -0.1) is 11.3 Å². The number of nitrogens with one attached hydrogen (secondary N) is 1. The maximum absolute atomic E-state index is 13.4. The van der Waals surface area contributed by atoms with Gasteiger partial charge in [0.25, 0.3) is 11.8 Å². The summed E-state index contributed by atoms with van der Waals surface area (Å²) in [6.07, 6.45) is 0. The molecule has 0 atom stereocenters. The molecule has 0 radical (unpaired) electrons. The maximum Gasteiger partial charge on any atom is 0.278 e. The number of hydrogen-bond donors (Lipinski definition) is 1. The van der Waals surface area contributed by atoms with Crippen LogP contribution in [0.3, 0.4) is 0 Å². The highest BCUT2D eigenvalue weighted by atomic mass is 32.1. The largest absolute Gasteiger partial charge is 0.496 e. The Bertz CT molecular complexity index is 1150. The first kappa shape index (κ1) is 19.9. The van der Waals surface area contributed by atoms with Gasteiger partial charge in [0, 0.05) is 16.1 Å². The van der Waals surface area contributed by atoms with Crippen LogP contribution < -0.4 is 10.1 Å². The van der Waals surface area contributed by atoms with Crippen molar-refractivity contribution in [2.45, 2.75) is 20.4 Å². The van der Waals surface area contributed by atoms with E-state index in [0.29, 0.717) is 17.0 Å². The number of thiophene rings is 1. The second-order valence-electron chi connectivity index (χ2n) is 7.11. The number of para-hydroxylation sites is 1. The van der Waals surface area contributed by atoms with Gasteiger partial charge < -0.3 is 10.1 Å². The average Bonchev–Trinajstić information content (AvgIpc) is 3.35. The van der Waals surface area contributed by atoms with E-state index in [1.54, 1.807) is 7.11 Å². The number of ether oxygens (including phenoxy) is 1. The number of carbonyl (C=O) groups excluding carboxylic acids is 2. The van der Waals surface area contributed by atoms with Crippen LogP contribution in [-0.2, 0) is 16.1 Å². The number of aryl methyl sites for hydroxylation is 1. The number of benzene rings is 2. The summed E-state index contributed by atoms with van der Waals surface area (Å²) in [6, 6.07) is 17.0. The van der Waals surface area contributed by atoms with Crippen LogP contribution in [0.1, 0.15) is 21.6 Å². The molecule has 0 bridgehead atoms. The molecule has 0 spiro atoms. The minimum atomic E-state index is -0.338. The third kappa shape index (κ3) is 3.50. The molecule has 1 N–H and O–H groups in total. The summed E-state index contributed by atoms with van der Waals surface area (Å²) in [5.74, 6) is 0.00286. The summed E-state index contributed by atoms with van der Waals surface area (Å²) >= 11 is 1.44. The van der Waals surface area contributed by atoms with Crippen molar-refractivity contribution < 1.29 is 14.3 Å². The fourth-order valence-corrected chi connectivity index (χ4v) is 4.28. The lowest BCUT2D eigenvalue weighted by Crippen LogP contribution is -2.32. The van der Waals surface area contributed by atoms with E-state index >= 15 is 0 Å². The zero-order valence-electron chi connectivity index (χ0n) is 17.1. The van der Waals surface area contributed by atoms with Crippen LogP contribution in [0.4, 0.5) is 5.69 Å². The van der Waals surface area contributed by atoms with Gasteiger partial charge >= 0.3 is 0 Å². The molecule has 1 aliphatic rings. The first-order chi connectivity index (χ1) is 14.5. The lowest BCUT2D eigenvalue weighted by Gasteiger charge is -2.17. The van der Waals surface area contributed by atoms with Gasteiger partial charge in [-0.1, -0.05) is 36.4 Å². The Morgan fingerprint density at radius 1 is 0.967 bits per heavy atom. The van der Waals surface area contributed by atoms with Crippen molar-refractivity contribution in [1.82, 2.24) is 4.90 Å². The minimum absolute atomic E-state index is 0.147. The van der Waals surface area contributed by atoms with Crippen molar-refractivity contribution >= 4 is 34.4 Å². The number of methoxy groups -OCH3 is 1. The third-order valence-corrected chi connectivity index (χ3v) is 6.21. The molecule has 3 aromatic rings. The molecule has 30 heavy (non-hydrogen) atoms. The van der Waals surface area contributed by atoms with Crippen LogP contribution in [0, 0.1) is 13.8 Å². The van der Waals surface area contributed by atoms with Crippen LogP contribution in [0.15, 0.2) is 65.7 Å². The van der Waals surface area contributed by atoms with Gasteiger partial charge in [0.1, 0.15) is 11.4 Å². The van der Waals surface area contributed by atoms with E-state index < -0.39 is 0 Å². The van der Waals surface area contributed by atoms with E-state index in [9.17, 15) is 9.59 Å². The molecule has 2 aromatic carbocycles. The van der Waals surface area contributed by atoms with Crippen LogP contribution in [0.2, 0.25) is 0 Å². The maximum atomic E-state index is 13.4. The molecule has 0 unspecified atom stereocenters. The average molecular weight is 419 g/mol. The third-order valence-electron chi connectivity index (χ3n) is 5.32. The van der Waals surface area contributed by atoms with Crippen LogP contribution in [0.25, 0.3) is 5.57 Å². The number of hydrogen-bond acceptors (Lipinski definition) is 5. The van der Waals surface area contributed by atoms with Gasteiger partial charge in [-0.25, -0.2) is 0 Å². The fraction of sp³-hybridized carbons (Fsp3) is 0.167. The van der Waals surface area contributed by atoms with Gasteiger partial charge in [0.15, 0.2) is 0 Å². The summed E-state index contributed by atoms with van der Waals surface area (Å²) in [5, 5.41) is 5.16. The van der Waals surface area contributed by atoms with Gasteiger partial charge in [0.2, 0.25) is 0 Å². The predicted octanol–water partition coefficient (Wildman–Crippen LogP) is 4.77. The molecule has 4 rings (SSSR count). The quantitative estimate of drug-likeness (QED) is 0.586. The zero-order chi connectivity index (χ0) is 21.3. The first-order valence-corrected chi connectivity index (χ1v) is 10.5. The number of imide groups is 1. The van der Waals surface area contributed by atoms with E-state index in [1.165, 1.54) is 16.2 Å². The van der Waals surface area contributed by atoms with E-state index in [1.807, 2.05) is 73.8 Å². The lowest BCUT2D eigenvalue weighted by atomic mass is 10.1. The number of carbonyl (C=O) groups is 2. The number of nitrogens with zero attached hydrogens (tertiary/aromatic N) is 1. The Hall–Kier alpha value is -3.38. The van der Waals surface area contributed by atoms with Gasteiger partial charge in [-0.2, -0.15) is 0 Å². The summed E-state index contributed by atoms with van der Waals surface area (Å²) in [4.78, 5) is 28.8. The van der Waals surface area contributed by atoms with Crippen LogP contribution in [0.5, 0.6) is 5.75 Å². The normalized spacial score (nSPS) is 13.9. The van der Waals surface area contributed by atoms with Gasteiger partial charge in [-0.3, -0.25) is 14.5 Å². The predicted molar refractivity (Wildman–Crippen MR) is 119 cm³/mol. The molecule has 6 heteroatoms. The number of amides is 2. The highest BCUT2D eigenvalue weighted by molar-refractivity contribution is 7.11. The highest BCUT2D eigenvalue weighted by Gasteiger charge is 2.40. The monoisotopic (exact) mass is 418 g/mol. The SMILES string of the molecule is COc1ccccc1CN1C(=O)C(Nc2cccc(C)c2C)=C(c2cccs2)C1=O. The Kier molecular flexibility index (Phi) is 5.42. The van der Waals surface area contributed by atoms with Crippen LogP contribution >= 0.6 is 11.3 Å². The minimum Gasteiger partial charge on any atom is -0.496 e. The fourth-order valence-electron chi connectivity index (χ4n) is 3.51. The highest BCUT2D eigenvalue weighted by Crippen LogP contribution is 2.35. The molecule has 0 fully saturated rings. The van der Waals surface area contributed by atoms with E-state index in [-0.39, 0.29) is 18.4 Å². The van der Waals surface area contributed by atoms with E-state index in [0.717, 1.165) is 27.3 Å². The summed E-state index contributed by atoms with van der Waals surface area (Å²) in [6.45, 7) is 4.16. The van der Waals surface area contributed by atoms with Crippen molar-refractivity contribution in [2.24, 2.45) is 0 Å². The molecule has 1 aliphatic heterocycles. The summed E-state index contributed by atoms with van der Waals surface area (Å²) in [5.41, 5.74) is 4.47. The van der Waals surface area contributed by atoms with Crippen molar-refractivity contribution in [2.75, 3.05) is 12.4 Å². The van der Waals surface area contributed by atoms with Crippen molar-refractivity contribution in [1.29, 1.82) is 0 Å². The molecule has 0 aliphatic carbocycles. The Morgan fingerprint density at radius 3 is 2.50 bits per heavy atom. The van der Waals surface area contributed by atoms with E-state index in [2.05, 4.69) is 5.32 Å². The molecule has 2 heterocycles. The topological polar surface area (TPSA) is 58.6 Å². The van der Waals surface area contributed by atoms with E-state index in [4.69, 9.17) is 4.74 Å². The Balaban J connectivity index is 1.74. The molecule has 2 amide bonds. The smallest absolute Gasteiger partial charge is 0.278 e. The molecule has 0 saturated heterocycles. The van der Waals surface area contributed by atoms with Crippen LogP contribution in [-0.4, -0.2) is 23.8 Å². The second kappa shape index (κ2) is 8.16. The van der Waals surface area contributed by atoms with Crippen molar-refractivity contribution in [3.8, 4) is 5.75 Å². The molecule has 1 aromatic heterocycles. The number of anilines is 1. The molecule has 152 valence electrons. The Morgan fingerprint density at radius 2 is 1.77 bits per heavy atom. The zero-order valence-corrected chi connectivity index (χ0v) is 17.9. The molecule has 0 saturated carbocycles. The standard InChI is InChI=1S/C24H22N2O3S/c1-15-8-6-10-18(16(15)2)25-22-21(20-12-7-13-30-20)23(27)26(24(22)28)14-17-9-4-5-11-19(17)29-3/h4-13,25H,14H2,1-3H3. The van der Waals surface area contributed by atoms with Gasteiger partial charge in [0.05, 0.1) is 19.2 Å². The summed E-state index contributed by atoms with van der Waals surface area (Å²) in [7, 11) is 1.58. The van der Waals surface area contributed by atoms with Crippen molar-refractivity contribution in [3.05, 3.63) is 87.2 Å². The van der Waals surface area contributed by atoms with Gasteiger partial charge in [-0.05, 0) is 48.6 Å².